The predicted octanol–water partition coefficient (Wildman–Crippen LogP) is 3.18. The molecule has 0 bridgehead atoms. The maximum Gasteiger partial charge on any atom is 0.191 e. The van der Waals surface area contributed by atoms with Gasteiger partial charge >= 0.3 is 0 Å². The summed E-state index contributed by atoms with van der Waals surface area (Å²) in [6, 6.07) is 5.30. The van der Waals surface area contributed by atoms with E-state index in [9.17, 15) is 4.39 Å². The van der Waals surface area contributed by atoms with Crippen LogP contribution in [0.2, 0.25) is 0 Å². The van der Waals surface area contributed by atoms with Crippen LogP contribution in [0.1, 0.15) is 44.4 Å². The monoisotopic (exact) mass is 309 g/mol. The molecule has 1 unspecified atom stereocenters. The zero-order valence-corrected chi connectivity index (χ0v) is 14.1. The van der Waals surface area contributed by atoms with E-state index in [0.717, 1.165) is 37.7 Å². The van der Waals surface area contributed by atoms with E-state index in [4.69, 9.17) is 4.74 Å². The molecule has 0 aliphatic rings. The molecule has 0 radical (unpaired) electrons. The van der Waals surface area contributed by atoms with Crippen LogP contribution in [0.5, 0.6) is 0 Å². The Morgan fingerprint density at radius 2 is 2.14 bits per heavy atom. The fraction of sp³-hybridized carbons (Fsp3) is 0.588. The second-order valence-corrected chi connectivity index (χ2v) is 5.19. The minimum atomic E-state index is -0.176. The van der Waals surface area contributed by atoms with E-state index in [1.807, 2.05) is 26.8 Å². The summed E-state index contributed by atoms with van der Waals surface area (Å²) in [5, 5.41) is 6.51. The van der Waals surface area contributed by atoms with E-state index in [1.54, 1.807) is 19.1 Å². The van der Waals surface area contributed by atoms with Crippen molar-refractivity contribution in [3.8, 4) is 0 Å². The van der Waals surface area contributed by atoms with Crippen molar-refractivity contribution >= 4 is 5.96 Å². The highest BCUT2D eigenvalue weighted by atomic mass is 19.1. The van der Waals surface area contributed by atoms with Crippen molar-refractivity contribution in [3.05, 3.63) is 35.1 Å². The molecule has 1 atom stereocenters. The third kappa shape index (κ3) is 6.43. The normalized spacial score (nSPS) is 13.0. The Balaban J connectivity index is 2.60. The molecule has 0 saturated carbocycles. The number of hydrogen-bond donors (Lipinski definition) is 2. The summed E-state index contributed by atoms with van der Waals surface area (Å²) >= 11 is 0. The molecule has 4 nitrogen and oxygen atoms in total. The molecule has 0 aliphatic heterocycles. The van der Waals surface area contributed by atoms with Crippen molar-refractivity contribution in [1.82, 2.24) is 10.6 Å². The molecular formula is C17H28FN3O. The maximum absolute atomic E-state index is 13.7. The number of aliphatic imine (C=N–C) groups is 1. The van der Waals surface area contributed by atoms with Crippen molar-refractivity contribution in [2.75, 3.05) is 26.3 Å². The number of rotatable bonds is 8. The van der Waals surface area contributed by atoms with E-state index in [2.05, 4.69) is 15.6 Å². The van der Waals surface area contributed by atoms with Crippen LogP contribution in [0.3, 0.4) is 0 Å². The van der Waals surface area contributed by atoms with Gasteiger partial charge in [-0.1, -0.05) is 12.1 Å². The van der Waals surface area contributed by atoms with Crippen molar-refractivity contribution < 1.29 is 9.13 Å². The van der Waals surface area contributed by atoms with Crippen molar-refractivity contribution in [2.45, 2.75) is 40.2 Å². The summed E-state index contributed by atoms with van der Waals surface area (Å²) < 4.78 is 19.0. The predicted molar refractivity (Wildman–Crippen MR) is 89.8 cm³/mol. The second-order valence-electron chi connectivity index (χ2n) is 5.19. The fourth-order valence-electron chi connectivity index (χ4n) is 1.99. The van der Waals surface area contributed by atoms with Gasteiger partial charge in [0, 0.05) is 26.3 Å². The Labute approximate surface area is 133 Å². The highest BCUT2D eigenvalue weighted by Crippen LogP contribution is 2.16. The number of ether oxygens (including phenoxy) is 1. The summed E-state index contributed by atoms with van der Waals surface area (Å²) in [6.07, 6.45) is 0.887. The van der Waals surface area contributed by atoms with Gasteiger partial charge in [-0.2, -0.15) is 0 Å². The zero-order chi connectivity index (χ0) is 16.4. The van der Waals surface area contributed by atoms with Gasteiger partial charge in [0.15, 0.2) is 5.96 Å². The smallest absolute Gasteiger partial charge is 0.191 e. The summed E-state index contributed by atoms with van der Waals surface area (Å²) in [4.78, 5) is 4.51. The highest BCUT2D eigenvalue weighted by Gasteiger charge is 2.09. The minimum Gasteiger partial charge on any atom is -0.382 e. The van der Waals surface area contributed by atoms with Crippen molar-refractivity contribution in [3.63, 3.8) is 0 Å². The summed E-state index contributed by atoms with van der Waals surface area (Å²) in [6.45, 7) is 10.7. The molecule has 0 saturated heterocycles. The number of guanidine groups is 1. The fourth-order valence-corrected chi connectivity index (χ4v) is 1.99. The van der Waals surface area contributed by atoms with Gasteiger partial charge in [0.25, 0.3) is 0 Å². The maximum atomic E-state index is 13.7. The molecule has 5 heteroatoms. The number of aryl methyl sites for hydroxylation is 1. The van der Waals surface area contributed by atoms with Crippen LogP contribution in [-0.4, -0.2) is 32.3 Å². The Hall–Kier alpha value is -1.62. The Morgan fingerprint density at radius 1 is 1.36 bits per heavy atom. The molecule has 0 heterocycles. The number of benzene rings is 1. The van der Waals surface area contributed by atoms with E-state index >= 15 is 0 Å². The molecule has 1 rings (SSSR count). The molecular weight excluding hydrogens is 281 g/mol. The molecule has 2 N–H and O–H groups in total. The first-order valence-electron chi connectivity index (χ1n) is 7.97. The van der Waals surface area contributed by atoms with Crippen LogP contribution >= 0.6 is 0 Å². The third-order valence-corrected chi connectivity index (χ3v) is 3.31. The van der Waals surface area contributed by atoms with Crippen molar-refractivity contribution in [2.24, 2.45) is 4.99 Å². The SMILES string of the molecule is CCNC(=NCCCOCC)NC(C)c1ccc(C)c(F)c1. The molecule has 0 aromatic heterocycles. The van der Waals surface area contributed by atoms with Gasteiger partial charge in [-0.3, -0.25) is 4.99 Å². The summed E-state index contributed by atoms with van der Waals surface area (Å²) in [7, 11) is 0. The molecule has 0 amide bonds. The lowest BCUT2D eigenvalue weighted by molar-refractivity contribution is 0.146. The van der Waals surface area contributed by atoms with Crippen LogP contribution in [-0.2, 0) is 4.74 Å². The van der Waals surface area contributed by atoms with Crippen LogP contribution in [0.25, 0.3) is 0 Å². The number of nitrogens with zero attached hydrogens (tertiary/aromatic N) is 1. The minimum absolute atomic E-state index is 0.0141. The highest BCUT2D eigenvalue weighted by molar-refractivity contribution is 5.80. The van der Waals surface area contributed by atoms with Crippen LogP contribution in [0.4, 0.5) is 4.39 Å². The molecule has 0 aliphatic carbocycles. The second kappa shape index (κ2) is 10.2. The van der Waals surface area contributed by atoms with Gasteiger partial charge in [-0.25, -0.2) is 4.39 Å². The molecule has 0 fully saturated rings. The topological polar surface area (TPSA) is 45.7 Å². The largest absolute Gasteiger partial charge is 0.382 e. The first-order chi connectivity index (χ1) is 10.6. The first-order valence-corrected chi connectivity index (χ1v) is 7.97. The molecule has 22 heavy (non-hydrogen) atoms. The number of hydrogen-bond acceptors (Lipinski definition) is 2. The number of nitrogens with one attached hydrogen (secondary N) is 2. The number of halogens is 1. The van der Waals surface area contributed by atoms with Gasteiger partial charge in [0.05, 0.1) is 6.04 Å². The Kier molecular flexibility index (Phi) is 8.51. The average molecular weight is 309 g/mol. The molecule has 124 valence electrons. The van der Waals surface area contributed by atoms with Crippen LogP contribution in [0.15, 0.2) is 23.2 Å². The third-order valence-electron chi connectivity index (χ3n) is 3.31. The van der Waals surface area contributed by atoms with Crippen LogP contribution < -0.4 is 10.6 Å². The average Bonchev–Trinajstić information content (AvgIpc) is 2.49. The quantitative estimate of drug-likeness (QED) is 0.440. The van der Waals surface area contributed by atoms with Gasteiger partial charge in [0.1, 0.15) is 5.82 Å². The van der Waals surface area contributed by atoms with Gasteiger partial charge in [0.2, 0.25) is 0 Å². The molecule has 1 aromatic carbocycles. The Morgan fingerprint density at radius 3 is 2.77 bits per heavy atom. The first kappa shape index (κ1) is 18.4. The van der Waals surface area contributed by atoms with Gasteiger partial charge in [-0.15, -0.1) is 0 Å². The molecule has 0 spiro atoms. The summed E-state index contributed by atoms with van der Waals surface area (Å²) in [5.41, 5.74) is 1.57. The van der Waals surface area contributed by atoms with Gasteiger partial charge in [-0.05, 0) is 51.3 Å². The van der Waals surface area contributed by atoms with E-state index in [1.165, 1.54) is 0 Å². The molecule has 1 aromatic rings. The van der Waals surface area contributed by atoms with E-state index in [-0.39, 0.29) is 11.9 Å². The zero-order valence-electron chi connectivity index (χ0n) is 14.1. The lowest BCUT2D eigenvalue weighted by atomic mass is 10.1. The van der Waals surface area contributed by atoms with Crippen LogP contribution in [0, 0.1) is 12.7 Å². The standard InChI is InChI=1S/C17H28FN3O/c1-5-19-17(20-10-7-11-22-6-2)21-14(4)15-9-8-13(3)16(18)12-15/h8-9,12,14H,5-7,10-11H2,1-4H3,(H2,19,20,21). The van der Waals surface area contributed by atoms with E-state index in [0.29, 0.717) is 12.1 Å². The van der Waals surface area contributed by atoms with E-state index < -0.39 is 0 Å². The Bertz CT molecular complexity index is 477. The van der Waals surface area contributed by atoms with Gasteiger partial charge < -0.3 is 15.4 Å². The lowest BCUT2D eigenvalue weighted by Gasteiger charge is -2.18. The lowest BCUT2D eigenvalue weighted by Crippen LogP contribution is -2.38. The summed E-state index contributed by atoms with van der Waals surface area (Å²) in [5.74, 6) is 0.567. The van der Waals surface area contributed by atoms with Crippen molar-refractivity contribution in [1.29, 1.82) is 0 Å².